The molecule has 0 aromatic heterocycles. The molecule has 0 saturated heterocycles. The quantitative estimate of drug-likeness (QED) is 0.0596. The number of nitrogens with two attached hydrogens (primary N) is 3. The number of carbonyl (C=O) groups is 6. The number of hydrogen-bond donors (Lipinski definition) is 9. The van der Waals surface area contributed by atoms with Crippen LogP contribution >= 0.6 is 11.8 Å². The number of nitrogens with zero attached hydrogens (tertiary/aromatic N) is 1. The van der Waals surface area contributed by atoms with Crippen molar-refractivity contribution in [2.45, 2.75) is 50.5 Å². The van der Waals surface area contributed by atoms with Gasteiger partial charge in [0.15, 0.2) is 5.75 Å². The lowest BCUT2D eigenvalue weighted by atomic mass is 10.0. The Morgan fingerprint density at radius 3 is 2.17 bits per heavy atom. The third kappa shape index (κ3) is 11.9. The number of amides is 6. The van der Waals surface area contributed by atoms with Crippen molar-refractivity contribution in [3.8, 4) is 5.75 Å². The largest absolute Gasteiger partial charge is 0.502 e. The van der Waals surface area contributed by atoms with Crippen molar-refractivity contribution >= 4 is 52.9 Å². The molecule has 42 heavy (non-hydrogen) atoms. The minimum atomic E-state index is -1.35. The van der Waals surface area contributed by atoms with E-state index in [4.69, 9.17) is 17.2 Å². The van der Waals surface area contributed by atoms with Crippen molar-refractivity contribution in [1.29, 1.82) is 0 Å². The number of primary amides is 2. The zero-order chi connectivity index (χ0) is 32.1. The van der Waals surface area contributed by atoms with Crippen molar-refractivity contribution in [2.75, 3.05) is 18.1 Å². The summed E-state index contributed by atoms with van der Waals surface area (Å²) in [5.74, 6) is -5.92. The molecule has 19 heteroatoms. The fourth-order valence-corrected chi connectivity index (χ4v) is 3.98. The summed E-state index contributed by atoms with van der Waals surface area (Å²) in [5, 5.41) is 39.3. The molecule has 0 aliphatic heterocycles. The maximum atomic E-state index is 12.5. The Kier molecular flexibility index (Phi) is 14.1. The average Bonchev–Trinajstić information content (AvgIpc) is 2.90. The van der Waals surface area contributed by atoms with Gasteiger partial charge >= 0.3 is 5.69 Å². The average molecular weight is 615 g/mol. The predicted octanol–water partition coefficient (Wildman–Crippen LogP) is -4.15. The second kappa shape index (κ2) is 16.7. The Hall–Kier alpha value is -4.49. The lowest BCUT2D eigenvalue weighted by Gasteiger charge is -2.22. The second-order valence-electron chi connectivity index (χ2n) is 9.06. The van der Waals surface area contributed by atoms with Gasteiger partial charge in [0.1, 0.15) is 24.2 Å². The molecule has 232 valence electrons. The third-order valence-electron chi connectivity index (χ3n) is 5.56. The topological polar surface area (TPSA) is 312 Å². The number of hydrogen-bond acceptors (Lipinski definition) is 12. The van der Waals surface area contributed by atoms with Crippen LogP contribution in [0, 0.1) is 10.1 Å². The highest BCUT2D eigenvalue weighted by Gasteiger charge is 2.28. The number of rotatable bonds is 17. The molecule has 0 aliphatic carbocycles. The van der Waals surface area contributed by atoms with Crippen molar-refractivity contribution < 1.29 is 43.9 Å². The van der Waals surface area contributed by atoms with Gasteiger partial charge in [0.05, 0.1) is 23.3 Å². The molecule has 6 amide bonds. The van der Waals surface area contributed by atoms with Gasteiger partial charge in [-0.25, -0.2) is 0 Å². The molecular weight excluding hydrogens is 580 g/mol. The number of aromatic hydroxyl groups is 1. The molecule has 12 N–H and O–H groups in total. The Morgan fingerprint density at radius 1 is 0.976 bits per heavy atom. The predicted molar refractivity (Wildman–Crippen MR) is 148 cm³/mol. The van der Waals surface area contributed by atoms with Crippen LogP contribution in [-0.4, -0.2) is 98.9 Å². The van der Waals surface area contributed by atoms with E-state index < -0.39 is 88.6 Å². The number of phenolic OH excluding ortho intramolecular Hbond substituents is 1. The van der Waals surface area contributed by atoms with E-state index in [1.165, 1.54) is 19.9 Å². The fraction of sp³-hybridized carbons (Fsp3) is 0.478. The van der Waals surface area contributed by atoms with Crippen molar-refractivity contribution in [2.24, 2.45) is 17.2 Å². The normalized spacial score (nSPS) is 14.3. The number of nitrogens with one attached hydrogen (secondary N) is 4. The molecule has 1 aromatic carbocycles. The number of nitro groups is 1. The number of aliphatic hydroxyl groups excluding tert-OH is 1. The Morgan fingerprint density at radius 2 is 1.62 bits per heavy atom. The number of phenols is 1. The van der Waals surface area contributed by atoms with Crippen LogP contribution in [0.5, 0.6) is 5.75 Å². The molecule has 0 heterocycles. The maximum Gasteiger partial charge on any atom is 0.310 e. The van der Waals surface area contributed by atoms with Gasteiger partial charge in [0.2, 0.25) is 35.4 Å². The van der Waals surface area contributed by atoms with Crippen molar-refractivity contribution in [3.05, 3.63) is 33.9 Å². The zero-order valence-electron chi connectivity index (χ0n) is 22.7. The van der Waals surface area contributed by atoms with Crippen LogP contribution in [-0.2, 0) is 35.2 Å². The van der Waals surface area contributed by atoms with E-state index in [-0.39, 0.29) is 23.5 Å². The van der Waals surface area contributed by atoms with E-state index in [2.05, 4.69) is 21.3 Å². The molecule has 18 nitrogen and oxygen atoms in total. The SMILES string of the molecule is CC(NC(=O)C(CSCC(=O)NCC(=O)N[C@@H](Cc1ccc(O)c([N+](=O)[O-])c1)C(N)=O)NC(=O)C(N)C(C)O)C(N)=O. The van der Waals surface area contributed by atoms with E-state index in [0.717, 1.165) is 23.9 Å². The number of benzene rings is 1. The van der Waals surface area contributed by atoms with Crippen LogP contribution < -0.4 is 38.5 Å². The Labute approximate surface area is 243 Å². The highest BCUT2D eigenvalue weighted by molar-refractivity contribution is 8.00. The molecule has 0 bridgehead atoms. The van der Waals surface area contributed by atoms with E-state index in [0.29, 0.717) is 0 Å². The molecule has 5 atom stereocenters. The molecule has 1 aromatic rings. The smallest absolute Gasteiger partial charge is 0.310 e. The van der Waals surface area contributed by atoms with E-state index >= 15 is 0 Å². The van der Waals surface area contributed by atoms with Crippen LogP contribution in [0.1, 0.15) is 19.4 Å². The summed E-state index contributed by atoms with van der Waals surface area (Å²) in [5.41, 5.74) is 15.7. The number of carbonyl (C=O) groups excluding carboxylic acids is 6. The summed E-state index contributed by atoms with van der Waals surface area (Å²) in [6.07, 6.45) is -1.45. The molecule has 0 radical (unpaired) electrons. The molecule has 4 unspecified atom stereocenters. The van der Waals surface area contributed by atoms with Crippen LogP contribution in [0.3, 0.4) is 0 Å². The summed E-state index contributed by atoms with van der Waals surface area (Å²) in [6, 6.07) is -1.57. The summed E-state index contributed by atoms with van der Waals surface area (Å²) < 4.78 is 0. The van der Waals surface area contributed by atoms with Gasteiger partial charge in [-0.1, -0.05) is 6.07 Å². The highest BCUT2D eigenvalue weighted by Crippen LogP contribution is 2.26. The summed E-state index contributed by atoms with van der Waals surface area (Å²) in [4.78, 5) is 82.6. The van der Waals surface area contributed by atoms with Crippen molar-refractivity contribution in [3.63, 3.8) is 0 Å². The van der Waals surface area contributed by atoms with E-state index in [1.807, 2.05) is 0 Å². The zero-order valence-corrected chi connectivity index (χ0v) is 23.5. The number of aliphatic hydroxyl groups is 1. The van der Waals surface area contributed by atoms with Gasteiger partial charge in [0, 0.05) is 18.2 Å². The minimum Gasteiger partial charge on any atom is -0.502 e. The number of thioether (sulfide) groups is 1. The summed E-state index contributed by atoms with van der Waals surface area (Å²) in [6.45, 7) is 2.03. The third-order valence-corrected chi connectivity index (χ3v) is 6.60. The Bertz CT molecular complexity index is 1200. The van der Waals surface area contributed by atoms with Crippen LogP contribution in [0.25, 0.3) is 0 Å². The molecule has 0 aliphatic rings. The first-order chi connectivity index (χ1) is 19.5. The van der Waals surface area contributed by atoms with Gasteiger partial charge in [-0.2, -0.15) is 0 Å². The lowest BCUT2D eigenvalue weighted by molar-refractivity contribution is -0.385. The molecule has 0 fully saturated rings. The molecular formula is C23H34N8O10S. The monoisotopic (exact) mass is 614 g/mol. The standard InChI is InChI=1S/C23H34N8O10S/c1-10(20(25)36)28-22(38)14(30-23(39)19(24)11(2)32)8-42-9-18(35)27-7-17(34)29-13(21(26)37)5-12-3-4-16(33)15(6-12)31(40)41/h3-4,6,10-11,13-14,19,32-33H,5,7-9,24H2,1-2H3,(H2,25,36)(H2,26,37)(H,27,35)(H,28,38)(H,29,34)(H,30,39)/t10?,11?,13-,14?,19?/m0/s1. The molecule has 0 saturated carbocycles. The summed E-state index contributed by atoms with van der Waals surface area (Å²) >= 11 is 0.884. The summed E-state index contributed by atoms with van der Waals surface area (Å²) in [7, 11) is 0. The van der Waals surface area contributed by atoms with Gasteiger partial charge < -0.3 is 48.7 Å². The molecule has 1 rings (SSSR count). The number of nitro benzene ring substituents is 1. The maximum absolute atomic E-state index is 12.5. The first-order valence-corrected chi connectivity index (χ1v) is 13.4. The van der Waals surface area contributed by atoms with Crippen LogP contribution in [0.4, 0.5) is 5.69 Å². The van der Waals surface area contributed by atoms with Crippen LogP contribution in [0.15, 0.2) is 18.2 Å². The van der Waals surface area contributed by atoms with Gasteiger partial charge in [-0.15, -0.1) is 11.8 Å². The molecule has 0 spiro atoms. The van der Waals surface area contributed by atoms with Gasteiger partial charge in [-0.05, 0) is 25.5 Å². The highest BCUT2D eigenvalue weighted by atomic mass is 32.2. The Balaban J connectivity index is 2.69. The van der Waals surface area contributed by atoms with Crippen molar-refractivity contribution in [1.82, 2.24) is 21.3 Å². The first kappa shape index (κ1) is 35.5. The second-order valence-corrected chi connectivity index (χ2v) is 10.1. The van der Waals surface area contributed by atoms with E-state index in [1.54, 1.807) is 0 Å². The fourth-order valence-electron chi connectivity index (χ4n) is 3.10. The van der Waals surface area contributed by atoms with Crippen LogP contribution in [0.2, 0.25) is 0 Å². The van der Waals surface area contributed by atoms with E-state index in [9.17, 15) is 49.1 Å². The first-order valence-electron chi connectivity index (χ1n) is 12.3. The lowest BCUT2D eigenvalue weighted by Crippen LogP contribution is -2.57. The van der Waals surface area contributed by atoms with Gasteiger partial charge in [0.25, 0.3) is 0 Å². The minimum absolute atomic E-state index is 0.169. The van der Waals surface area contributed by atoms with Gasteiger partial charge in [-0.3, -0.25) is 38.9 Å².